The van der Waals surface area contributed by atoms with Crippen molar-refractivity contribution in [3.05, 3.63) is 35.9 Å². The van der Waals surface area contributed by atoms with E-state index in [1.54, 1.807) is 0 Å². The monoisotopic (exact) mass is 288 g/mol. The van der Waals surface area contributed by atoms with Gasteiger partial charge in [-0.05, 0) is 44.2 Å². The highest BCUT2D eigenvalue weighted by Gasteiger charge is 2.32. The second kappa shape index (κ2) is 7.60. The predicted octanol–water partition coefficient (Wildman–Crippen LogP) is 3.20. The molecule has 1 aromatic rings. The van der Waals surface area contributed by atoms with Gasteiger partial charge in [0.1, 0.15) is 0 Å². The molecule has 3 unspecified atom stereocenters. The number of nitrogens with one attached hydrogen (secondary N) is 1. The maximum Gasteiger partial charge on any atom is 0.240 e. The van der Waals surface area contributed by atoms with Crippen molar-refractivity contribution in [2.24, 2.45) is 5.92 Å². The molecule has 1 fully saturated rings. The van der Waals surface area contributed by atoms with Crippen LogP contribution in [-0.2, 0) is 11.3 Å². The van der Waals surface area contributed by atoms with E-state index in [4.69, 9.17) is 0 Å². The van der Waals surface area contributed by atoms with Crippen molar-refractivity contribution < 1.29 is 4.79 Å². The third-order valence-electron chi connectivity index (χ3n) is 4.64. The molecule has 1 amide bonds. The van der Waals surface area contributed by atoms with Crippen LogP contribution in [0.5, 0.6) is 0 Å². The number of rotatable bonds is 5. The topological polar surface area (TPSA) is 32.3 Å². The van der Waals surface area contributed by atoms with E-state index in [0.29, 0.717) is 12.5 Å². The minimum atomic E-state index is -0.0172. The van der Waals surface area contributed by atoms with Gasteiger partial charge in [0.2, 0.25) is 5.91 Å². The van der Waals surface area contributed by atoms with Crippen LogP contribution in [0.4, 0.5) is 0 Å². The number of amides is 1. The van der Waals surface area contributed by atoms with Crippen molar-refractivity contribution in [2.45, 2.75) is 58.7 Å². The molecule has 3 heteroatoms. The minimum absolute atomic E-state index is 0.0172. The van der Waals surface area contributed by atoms with Crippen LogP contribution in [0.25, 0.3) is 0 Å². The molecule has 1 saturated heterocycles. The molecule has 0 spiro atoms. The van der Waals surface area contributed by atoms with Crippen molar-refractivity contribution in [1.29, 1.82) is 0 Å². The van der Waals surface area contributed by atoms with E-state index >= 15 is 0 Å². The molecule has 0 aliphatic carbocycles. The lowest BCUT2D eigenvalue weighted by atomic mass is 9.91. The number of piperidine rings is 1. The summed E-state index contributed by atoms with van der Waals surface area (Å²) in [5.74, 6) is 0.689. The van der Waals surface area contributed by atoms with Gasteiger partial charge in [-0.2, -0.15) is 0 Å². The summed E-state index contributed by atoms with van der Waals surface area (Å²) in [4.78, 5) is 15.0. The van der Waals surface area contributed by atoms with Crippen LogP contribution in [0.1, 0.15) is 45.6 Å². The maximum atomic E-state index is 13.0. The summed E-state index contributed by atoms with van der Waals surface area (Å²) in [5.41, 5.74) is 1.20. The molecule has 1 aliphatic rings. The quantitative estimate of drug-likeness (QED) is 0.902. The molecule has 2 rings (SSSR count). The fraction of sp³-hybridized carbons (Fsp3) is 0.611. The SMILES string of the molecule is CCC(C)N(Cc1ccccc1)C(=O)C1NCCCC1C. The Morgan fingerprint density at radius 3 is 2.71 bits per heavy atom. The second-order valence-electron chi connectivity index (χ2n) is 6.26. The normalized spacial score (nSPS) is 23.6. The van der Waals surface area contributed by atoms with Crippen LogP contribution in [-0.4, -0.2) is 29.4 Å². The molecule has 0 saturated carbocycles. The zero-order valence-electron chi connectivity index (χ0n) is 13.5. The number of hydrogen-bond acceptors (Lipinski definition) is 2. The Labute approximate surface area is 128 Å². The fourth-order valence-corrected chi connectivity index (χ4v) is 3.01. The smallest absolute Gasteiger partial charge is 0.240 e. The number of carbonyl (C=O) groups excluding carboxylic acids is 1. The van der Waals surface area contributed by atoms with E-state index in [1.165, 1.54) is 12.0 Å². The van der Waals surface area contributed by atoms with Gasteiger partial charge in [-0.3, -0.25) is 4.79 Å². The van der Waals surface area contributed by atoms with Crippen LogP contribution in [0.3, 0.4) is 0 Å². The zero-order valence-corrected chi connectivity index (χ0v) is 13.5. The first-order chi connectivity index (χ1) is 10.1. The first-order valence-electron chi connectivity index (χ1n) is 8.21. The largest absolute Gasteiger partial charge is 0.334 e. The van der Waals surface area contributed by atoms with E-state index in [1.807, 2.05) is 18.2 Å². The Balaban J connectivity index is 2.13. The van der Waals surface area contributed by atoms with Gasteiger partial charge >= 0.3 is 0 Å². The molecule has 1 aliphatic heterocycles. The first-order valence-corrected chi connectivity index (χ1v) is 8.21. The third kappa shape index (κ3) is 4.07. The second-order valence-corrected chi connectivity index (χ2v) is 6.26. The van der Waals surface area contributed by atoms with E-state index in [2.05, 4.69) is 43.1 Å². The Hall–Kier alpha value is -1.35. The van der Waals surface area contributed by atoms with Crippen molar-refractivity contribution >= 4 is 5.91 Å². The average Bonchev–Trinajstić information content (AvgIpc) is 2.53. The molecule has 0 aromatic heterocycles. The highest BCUT2D eigenvalue weighted by molar-refractivity contribution is 5.82. The van der Waals surface area contributed by atoms with E-state index in [-0.39, 0.29) is 18.0 Å². The predicted molar refractivity (Wildman–Crippen MR) is 86.9 cm³/mol. The first kappa shape index (κ1) is 16.0. The van der Waals surface area contributed by atoms with Crippen LogP contribution >= 0.6 is 0 Å². The van der Waals surface area contributed by atoms with E-state index < -0.39 is 0 Å². The summed E-state index contributed by atoms with van der Waals surface area (Å²) in [5, 5.41) is 3.42. The summed E-state index contributed by atoms with van der Waals surface area (Å²) in [7, 11) is 0. The van der Waals surface area contributed by atoms with Gasteiger partial charge < -0.3 is 10.2 Å². The zero-order chi connectivity index (χ0) is 15.2. The molecule has 116 valence electrons. The highest BCUT2D eigenvalue weighted by Crippen LogP contribution is 2.20. The molecule has 1 N–H and O–H groups in total. The fourth-order valence-electron chi connectivity index (χ4n) is 3.01. The summed E-state index contributed by atoms with van der Waals surface area (Å²) >= 11 is 0. The van der Waals surface area contributed by atoms with Crippen LogP contribution in [0, 0.1) is 5.92 Å². The van der Waals surface area contributed by atoms with Crippen molar-refractivity contribution in [2.75, 3.05) is 6.54 Å². The standard InChI is InChI=1S/C18H28N2O/c1-4-15(3)20(13-16-10-6-5-7-11-16)18(21)17-14(2)9-8-12-19-17/h5-7,10-11,14-15,17,19H,4,8-9,12-13H2,1-3H3. The van der Waals surface area contributed by atoms with Gasteiger partial charge in [0.15, 0.2) is 0 Å². The molecule has 3 atom stereocenters. The van der Waals surface area contributed by atoms with Gasteiger partial charge in [0.05, 0.1) is 6.04 Å². The van der Waals surface area contributed by atoms with Crippen LogP contribution < -0.4 is 5.32 Å². The Bertz CT molecular complexity index is 446. The van der Waals surface area contributed by atoms with Gasteiger partial charge in [-0.1, -0.05) is 44.2 Å². The molecule has 0 radical (unpaired) electrons. The highest BCUT2D eigenvalue weighted by atomic mass is 16.2. The maximum absolute atomic E-state index is 13.0. The van der Waals surface area contributed by atoms with Crippen molar-refractivity contribution in [1.82, 2.24) is 10.2 Å². The molecule has 1 aromatic carbocycles. The summed E-state index contributed by atoms with van der Waals surface area (Å²) in [6, 6.07) is 10.5. The summed E-state index contributed by atoms with van der Waals surface area (Å²) < 4.78 is 0. The van der Waals surface area contributed by atoms with Crippen molar-refractivity contribution in [3.8, 4) is 0 Å². The Morgan fingerprint density at radius 1 is 1.38 bits per heavy atom. The van der Waals surface area contributed by atoms with E-state index in [9.17, 15) is 4.79 Å². The van der Waals surface area contributed by atoms with Gasteiger partial charge in [-0.25, -0.2) is 0 Å². The van der Waals surface area contributed by atoms with E-state index in [0.717, 1.165) is 19.4 Å². The minimum Gasteiger partial charge on any atom is -0.334 e. The number of hydrogen-bond donors (Lipinski definition) is 1. The molecular weight excluding hydrogens is 260 g/mol. The van der Waals surface area contributed by atoms with Gasteiger partial charge in [0.25, 0.3) is 0 Å². The van der Waals surface area contributed by atoms with Crippen molar-refractivity contribution in [3.63, 3.8) is 0 Å². The number of nitrogens with zero attached hydrogens (tertiary/aromatic N) is 1. The molecule has 21 heavy (non-hydrogen) atoms. The molecule has 1 heterocycles. The third-order valence-corrected chi connectivity index (χ3v) is 4.64. The lowest BCUT2D eigenvalue weighted by Crippen LogP contribution is -2.54. The van der Waals surface area contributed by atoms with Gasteiger partial charge in [0, 0.05) is 12.6 Å². The molecular formula is C18H28N2O. The summed E-state index contributed by atoms with van der Waals surface area (Å²) in [6.07, 6.45) is 3.30. The molecule has 0 bridgehead atoms. The number of carbonyl (C=O) groups is 1. The Kier molecular flexibility index (Phi) is 5.80. The van der Waals surface area contributed by atoms with Crippen LogP contribution in [0.15, 0.2) is 30.3 Å². The molecule has 3 nitrogen and oxygen atoms in total. The Morgan fingerprint density at radius 2 is 2.10 bits per heavy atom. The number of benzene rings is 1. The van der Waals surface area contributed by atoms with Gasteiger partial charge in [-0.15, -0.1) is 0 Å². The average molecular weight is 288 g/mol. The summed E-state index contributed by atoms with van der Waals surface area (Å²) in [6.45, 7) is 8.15. The lowest BCUT2D eigenvalue weighted by Gasteiger charge is -2.36. The lowest BCUT2D eigenvalue weighted by molar-refractivity contribution is -0.138. The van der Waals surface area contributed by atoms with Crippen LogP contribution in [0.2, 0.25) is 0 Å².